The Morgan fingerprint density at radius 3 is 2.78 bits per heavy atom. The van der Waals surface area contributed by atoms with E-state index in [9.17, 15) is 9.59 Å². The van der Waals surface area contributed by atoms with E-state index in [0.717, 1.165) is 5.56 Å². The van der Waals surface area contributed by atoms with Gasteiger partial charge in [-0.3, -0.25) is 9.59 Å². The highest BCUT2D eigenvalue weighted by molar-refractivity contribution is 6.05. The molecule has 2 heterocycles. The standard InChI is InChI=1S/C20H18N2O5/c1-21-20(24)18-11-22(14-4-2-3-5-15(14)27-18)19(23)9-7-13-6-8-16-17(10-13)26-12-25-16/h2-10,18H,11-12H2,1H3,(H,21,24)/b9-7+/t18-/m1/s1. The van der Waals surface area contributed by atoms with Gasteiger partial charge in [0.25, 0.3) is 11.8 Å². The third kappa shape index (κ3) is 3.31. The van der Waals surface area contributed by atoms with Gasteiger partial charge in [0.2, 0.25) is 6.79 Å². The normalized spacial score (nSPS) is 17.4. The van der Waals surface area contributed by atoms with Crippen LogP contribution in [-0.4, -0.2) is 38.3 Å². The average Bonchev–Trinajstić information content (AvgIpc) is 3.18. The summed E-state index contributed by atoms with van der Waals surface area (Å²) in [5.74, 6) is 1.33. The summed E-state index contributed by atoms with van der Waals surface area (Å²) in [7, 11) is 1.54. The Kier molecular flexibility index (Phi) is 4.42. The summed E-state index contributed by atoms with van der Waals surface area (Å²) in [6.45, 7) is 0.341. The number of fused-ring (bicyclic) bond motifs is 2. The van der Waals surface area contributed by atoms with E-state index in [-0.39, 0.29) is 25.2 Å². The zero-order valence-corrected chi connectivity index (χ0v) is 14.7. The molecular weight excluding hydrogens is 348 g/mol. The molecule has 0 saturated heterocycles. The first-order chi connectivity index (χ1) is 13.2. The Hall–Kier alpha value is -3.48. The maximum Gasteiger partial charge on any atom is 0.262 e. The summed E-state index contributed by atoms with van der Waals surface area (Å²) >= 11 is 0. The monoisotopic (exact) mass is 366 g/mol. The molecule has 7 heteroatoms. The van der Waals surface area contributed by atoms with E-state index in [2.05, 4.69) is 5.32 Å². The van der Waals surface area contributed by atoms with Gasteiger partial charge in [0, 0.05) is 13.1 Å². The minimum absolute atomic E-state index is 0.140. The van der Waals surface area contributed by atoms with Crippen molar-refractivity contribution in [2.24, 2.45) is 0 Å². The smallest absolute Gasteiger partial charge is 0.262 e. The zero-order chi connectivity index (χ0) is 18.8. The van der Waals surface area contributed by atoms with Gasteiger partial charge in [-0.15, -0.1) is 0 Å². The molecule has 27 heavy (non-hydrogen) atoms. The number of hydrogen-bond acceptors (Lipinski definition) is 5. The van der Waals surface area contributed by atoms with Gasteiger partial charge in [-0.2, -0.15) is 0 Å². The van der Waals surface area contributed by atoms with Crippen LogP contribution in [0.15, 0.2) is 48.5 Å². The molecule has 2 aromatic rings. The van der Waals surface area contributed by atoms with Gasteiger partial charge >= 0.3 is 0 Å². The van der Waals surface area contributed by atoms with Crippen molar-refractivity contribution >= 4 is 23.6 Å². The number of benzene rings is 2. The lowest BCUT2D eigenvalue weighted by Gasteiger charge is -2.33. The van der Waals surface area contributed by atoms with Crippen LogP contribution in [0.2, 0.25) is 0 Å². The molecular formula is C20H18N2O5. The van der Waals surface area contributed by atoms with E-state index in [1.807, 2.05) is 18.2 Å². The number of amides is 2. The second-order valence-corrected chi connectivity index (χ2v) is 6.08. The fourth-order valence-corrected chi connectivity index (χ4v) is 3.01. The number of carbonyl (C=O) groups excluding carboxylic acids is 2. The molecule has 2 aromatic carbocycles. The van der Waals surface area contributed by atoms with E-state index in [0.29, 0.717) is 22.9 Å². The number of hydrogen-bond donors (Lipinski definition) is 1. The number of ether oxygens (including phenoxy) is 3. The van der Waals surface area contributed by atoms with Gasteiger partial charge in [-0.1, -0.05) is 18.2 Å². The molecule has 0 radical (unpaired) electrons. The van der Waals surface area contributed by atoms with Crippen molar-refractivity contribution < 1.29 is 23.8 Å². The molecule has 0 unspecified atom stereocenters. The molecule has 0 aromatic heterocycles. The highest BCUT2D eigenvalue weighted by Crippen LogP contribution is 2.34. The first-order valence-corrected chi connectivity index (χ1v) is 8.52. The molecule has 0 spiro atoms. The average molecular weight is 366 g/mol. The van der Waals surface area contributed by atoms with Gasteiger partial charge in [-0.25, -0.2) is 0 Å². The Morgan fingerprint density at radius 1 is 1.11 bits per heavy atom. The predicted molar refractivity (Wildman–Crippen MR) is 98.9 cm³/mol. The molecule has 7 nitrogen and oxygen atoms in total. The summed E-state index contributed by atoms with van der Waals surface area (Å²) in [6.07, 6.45) is 2.42. The van der Waals surface area contributed by atoms with Crippen LogP contribution < -0.4 is 24.4 Å². The van der Waals surface area contributed by atoms with Crippen LogP contribution in [-0.2, 0) is 9.59 Å². The van der Waals surface area contributed by atoms with Crippen molar-refractivity contribution in [1.82, 2.24) is 5.32 Å². The number of rotatable bonds is 3. The highest BCUT2D eigenvalue weighted by atomic mass is 16.7. The second kappa shape index (κ2) is 7.03. The summed E-state index contributed by atoms with van der Waals surface area (Å²) in [5.41, 5.74) is 1.45. The number of anilines is 1. The Labute approximate surface area is 156 Å². The molecule has 0 bridgehead atoms. The number of carbonyl (C=O) groups is 2. The molecule has 4 rings (SSSR count). The molecule has 2 aliphatic heterocycles. The lowest BCUT2D eigenvalue weighted by molar-refractivity contribution is -0.127. The van der Waals surface area contributed by atoms with Gasteiger partial charge in [-0.05, 0) is 35.9 Å². The Morgan fingerprint density at radius 2 is 1.93 bits per heavy atom. The fourth-order valence-electron chi connectivity index (χ4n) is 3.01. The minimum atomic E-state index is -0.757. The molecule has 0 fully saturated rings. The zero-order valence-electron chi connectivity index (χ0n) is 14.7. The van der Waals surface area contributed by atoms with Crippen molar-refractivity contribution in [3.8, 4) is 17.2 Å². The third-order valence-electron chi connectivity index (χ3n) is 4.39. The number of likely N-dealkylation sites (N-methyl/N-ethyl adjacent to an activating group) is 1. The molecule has 0 aliphatic carbocycles. The Balaban J connectivity index is 1.57. The van der Waals surface area contributed by atoms with Crippen LogP contribution in [0, 0.1) is 0 Å². The number of nitrogens with zero attached hydrogens (tertiary/aromatic N) is 1. The molecule has 0 saturated carbocycles. The van der Waals surface area contributed by atoms with E-state index >= 15 is 0 Å². The lowest BCUT2D eigenvalue weighted by atomic mass is 10.1. The molecule has 2 aliphatic rings. The predicted octanol–water partition coefficient (Wildman–Crippen LogP) is 1.97. The molecule has 138 valence electrons. The lowest BCUT2D eigenvalue weighted by Crippen LogP contribution is -2.49. The maximum atomic E-state index is 12.8. The van der Waals surface area contributed by atoms with Crippen LogP contribution in [0.5, 0.6) is 17.2 Å². The van der Waals surface area contributed by atoms with E-state index in [1.54, 1.807) is 35.2 Å². The van der Waals surface area contributed by atoms with Crippen LogP contribution >= 0.6 is 0 Å². The van der Waals surface area contributed by atoms with Crippen molar-refractivity contribution in [3.63, 3.8) is 0 Å². The quantitative estimate of drug-likeness (QED) is 0.841. The number of nitrogens with one attached hydrogen (secondary N) is 1. The van der Waals surface area contributed by atoms with Gasteiger partial charge in [0.05, 0.1) is 12.2 Å². The summed E-state index contributed by atoms with van der Waals surface area (Å²) in [5, 5.41) is 2.56. The van der Waals surface area contributed by atoms with Crippen molar-refractivity contribution in [2.45, 2.75) is 6.10 Å². The van der Waals surface area contributed by atoms with Crippen LogP contribution in [0.4, 0.5) is 5.69 Å². The SMILES string of the molecule is CNC(=O)[C@H]1CN(C(=O)/C=C/c2ccc3c(c2)OCO3)c2ccccc2O1. The third-order valence-corrected chi connectivity index (χ3v) is 4.39. The van der Waals surface area contributed by atoms with E-state index in [4.69, 9.17) is 14.2 Å². The largest absolute Gasteiger partial charge is 0.477 e. The topological polar surface area (TPSA) is 77.1 Å². The molecule has 1 N–H and O–H groups in total. The van der Waals surface area contributed by atoms with Gasteiger partial charge in [0.1, 0.15) is 5.75 Å². The van der Waals surface area contributed by atoms with Crippen molar-refractivity contribution in [1.29, 1.82) is 0 Å². The first-order valence-electron chi connectivity index (χ1n) is 8.52. The summed E-state index contributed by atoms with van der Waals surface area (Å²) < 4.78 is 16.4. The van der Waals surface area contributed by atoms with E-state index < -0.39 is 6.10 Å². The maximum absolute atomic E-state index is 12.8. The van der Waals surface area contributed by atoms with E-state index in [1.165, 1.54) is 13.1 Å². The molecule has 2 amide bonds. The van der Waals surface area contributed by atoms with Crippen LogP contribution in [0.25, 0.3) is 6.08 Å². The van der Waals surface area contributed by atoms with Crippen LogP contribution in [0.3, 0.4) is 0 Å². The molecule has 1 atom stereocenters. The second-order valence-electron chi connectivity index (χ2n) is 6.08. The first kappa shape index (κ1) is 17.0. The summed E-state index contributed by atoms with van der Waals surface area (Å²) in [4.78, 5) is 26.4. The Bertz CT molecular complexity index is 924. The highest BCUT2D eigenvalue weighted by Gasteiger charge is 2.32. The summed E-state index contributed by atoms with van der Waals surface area (Å²) in [6, 6.07) is 12.6. The minimum Gasteiger partial charge on any atom is -0.477 e. The van der Waals surface area contributed by atoms with Crippen molar-refractivity contribution in [3.05, 3.63) is 54.1 Å². The van der Waals surface area contributed by atoms with Crippen molar-refractivity contribution in [2.75, 3.05) is 25.3 Å². The fraction of sp³-hybridized carbons (Fsp3) is 0.200. The van der Waals surface area contributed by atoms with Gasteiger partial charge < -0.3 is 24.4 Å². The van der Waals surface area contributed by atoms with Gasteiger partial charge in [0.15, 0.2) is 17.6 Å². The number of para-hydroxylation sites is 2. The van der Waals surface area contributed by atoms with Crippen LogP contribution in [0.1, 0.15) is 5.56 Å².